The number of hydrogen-bond acceptors (Lipinski definition) is 2. The first kappa shape index (κ1) is 17.6. The Morgan fingerprint density at radius 2 is 1.83 bits per heavy atom. The Morgan fingerprint density at radius 1 is 1.17 bits per heavy atom. The van der Waals surface area contributed by atoms with Crippen molar-refractivity contribution < 1.29 is 22.3 Å². The lowest BCUT2D eigenvalue weighted by Gasteiger charge is -2.19. The highest BCUT2D eigenvalue weighted by Gasteiger charge is 2.41. The summed E-state index contributed by atoms with van der Waals surface area (Å²) < 4.78 is 53.5. The molecule has 0 aromatic carbocycles. The molecule has 2 nitrogen and oxygen atoms in total. The standard InChI is InChI=1S/C12H23F4NO/c1-3-4-5-6-7-10(17-2)8-18-9-12(15,16)11(13)14/h10-11,17H,3-9H2,1-2H3. The molecule has 0 fully saturated rings. The van der Waals surface area contributed by atoms with E-state index >= 15 is 0 Å². The van der Waals surface area contributed by atoms with Crippen LogP contribution in [0.1, 0.15) is 39.0 Å². The Labute approximate surface area is 106 Å². The van der Waals surface area contributed by atoms with Crippen molar-refractivity contribution in [2.45, 2.75) is 57.4 Å². The molecule has 0 aromatic heterocycles. The molecule has 0 aliphatic carbocycles. The number of ether oxygens (including phenoxy) is 1. The molecule has 0 heterocycles. The highest BCUT2D eigenvalue weighted by Crippen LogP contribution is 2.22. The number of nitrogens with one attached hydrogen (secondary N) is 1. The fourth-order valence-electron chi connectivity index (χ4n) is 1.53. The summed E-state index contributed by atoms with van der Waals surface area (Å²) in [5.41, 5.74) is 0. The van der Waals surface area contributed by atoms with Crippen LogP contribution in [0, 0.1) is 0 Å². The van der Waals surface area contributed by atoms with Crippen LogP contribution in [-0.4, -0.2) is 38.7 Å². The summed E-state index contributed by atoms with van der Waals surface area (Å²) in [6.07, 6.45) is 1.46. The van der Waals surface area contributed by atoms with Gasteiger partial charge in [0.05, 0.1) is 6.61 Å². The van der Waals surface area contributed by atoms with Gasteiger partial charge in [-0.15, -0.1) is 0 Å². The molecule has 6 heteroatoms. The normalized spacial score (nSPS) is 14.2. The lowest BCUT2D eigenvalue weighted by molar-refractivity contribution is -0.167. The molecule has 0 saturated carbocycles. The summed E-state index contributed by atoms with van der Waals surface area (Å²) >= 11 is 0. The van der Waals surface area contributed by atoms with Crippen LogP contribution in [0.2, 0.25) is 0 Å². The van der Waals surface area contributed by atoms with Crippen molar-refractivity contribution in [2.24, 2.45) is 0 Å². The zero-order valence-electron chi connectivity index (χ0n) is 11.0. The second-order valence-corrected chi connectivity index (χ2v) is 4.41. The average Bonchev–Trinajstić information content (AvgIpc) is 2.32. The van der Waals surface area contributed by atoms with Crippen molar-refractivity contribution in [2.75, 3.05) is 20.3 Å². The van der Waals surface area contributed by atoms with Crippen LogP contribution >= 0.6 is 0 Å². The Kier molecular flexibility index (Phi) is 9.36. The smallest absolute Gasteiger partial charge is 0.330 e. The fraction of sp³-hybridized carbons (Fsp3) is 1.00. The van der Waals surface area contributed by atoms with E-state index in [1.165, 1.54) is 0 Å². The topological polar surface area (TPSA) is 21.3 Å². The summed E-state index contributed by atoms with van der Waals surface area (Å²) in [5.74, 6) is -4.06. The maximum Gasteiger partial charge on any atom is 0.330 e. The van der Waals surface area contributed by atoms with E-state index in [0.29, 0.717) is 0 Å². The van der Waals surface area contributed by atoms with Gasteiger partial charge < -0.3 is 10.1 Å². The molecule has 0 aliphatic heterocycles. The minimum atomic E-state index is -4.06. The predicted octanol–water partition coefficient (Wildman–Crippen LogP) is 3.46. The third-order valence-electron chi connectivity index (χ3n) is 2.75. The summed E-state index contributed by atoms with van der Waals surface area (Å²) in [7, 11) is 1.71. The average molecular weight is 273 g/mol. The van der Waals surface area contributed by atoms with Gasteiger partial charge in [0.25, 0.3) is 0 Å². The number of unbranched alkanes of at least 4 members (excludes halogenated alkanes) is 3. The zero-order valence-corrected chi connectivity index (χ0v) is 11.0. The van der Waals surface area contributed by atoms with E-state index in [1.807, 2.05) is 0 Å². The van der Waals surface area contributed by atoms with E-state index in [0.717, 1.165) is 32.1 Å². The maximum atomic E-state index is 12.6. The van der Waals surface area contributed by atoms with E-state index < -0.39 is 19.0 Å². The third-order valence-corrected chi connectivity index (χ3v) is 2.75. The van der Waals surface area contributed by atoms with Gasteiger partial charge in [-0.1, -0.05) is 32.6 Å². The number of rotatable bonds is 11. The minimum absolute atomic E-state index is 0.0327. The van der Waals surface area contributed by atoms with Gasteiger partial charge in [0.2, 0.25) is 0 Å². The molecule has 0 saturated heterocycles. The second kappa shape index (κ2) is 9.55. The molecule has 18 heavy (non-hydrogen) atoms. The molecule has 0 spiro atoms. The summed E-state index contributed by atoms with van der Waals surface area (Å²) in [6.45, 7) is 0.911. The summed E-state index contributed by atoms with van der Waals surface area (Å²) in [6, 6.07) is -0.0599. The van der Waals surface area contributed by atoms with Crippen molar-refractivity contribution in [3.63, 3.8) is 0 Å². The quantitative estimate of drug-likeness (QED) is 0.460. The van der Waals surface area contributed by atoms with Crippen LogP contribution in [0.4, 0.5) is 17.6 Å². The maximum absolute atomic E-state index is 12.6. The first-order valence-electron chi connectivity index (χ1n) is 6.35. The number of hydrogen-bond donors (Lipinski definition) is 1. The van der Waals surface area contributed by atoms with Crippen LogP contribution in [0.25, 0.3) is 0 Å². The molecule has 1 N–H and O–H groups in total. The van der Waals surface area contributed by atoms with E-state index in [1.54, 1.807) is 7.05 Å². The minimum Gasteiger partial charge on any atom is -0.373 e. The van der Waals surface area contributed by atoms with Crippen LogP contribution in [-0.2, 0) is 4.74 Å². The van der Waals surface area contributed by atoms with Crippen LogP contribution in [0.15, 0.2) is 0 Å². The SMILES string of the molecule is CCCCCCC(COCC(F)(F)C(F)F)NC. The van der Waals surface area contributed by atoms with Gasteiger partial charge >= 0.3 is 12.3 Å². The van der Waals surface area contributed by atoms with Crippen LogP contribution < -0.4 is 5.32 Å². The molecule has 0 radical (unpaired) electrons. The van der Waals surface area contributed by atoms with E-state index in [4.69, 9.17) is 0 Å². The van der Waals surface area contributed by atoms with E-state index in [9.17, 15) is 17.6 Å². The monoisotopic (exact) mass is 273 g/mol. The molecule has 1 unspecified atom stereocenters. The second-order valence-electron chi connectivity index (χ2n) is 4.41. The van der Waals surface area contributed by atoms with Crippen molar-refractivity contribution in [1.82, 2.24) is 5.32 Å². The van der Waals surface area contributed by atoms with Gasteiger partial charge in [-0.3, -0.25) is 0 Å². The first-order chi connectivity index (χ1) is 8.44. The highest BCUT2D eigenvalue weighted by molar-refractivity contribution is 4.70. The zero-order chi connectivity index (χ0) is 14.0. The lowest BCUT2D eigenvalue weighted by Crippen LogP contribution is -2.36. The number of likely N-dealkylation sites (N-methyl/N-ethyl adjacent to an activating group) is 1. The predicted molar refractivity (Wildman–Crippen MR) is 63.4 cm³/mol. The molecular weight excluding hydrogens is 250 g/mol. The Balaban J connectivity index is 3.73. The molecular formula is C12H23F4NO. The molecule has 0 amide bonds. The number of halogens is 4. The molecule has 1 atom stereocenters. The molecule has 0 aliphatic rings. The highest BCUT2D eigenvalue weighted by atomic mass is 19.3. The van der Waals surface area contributed by atoms with Gasteiger partial charge in [-0.05, 0) is 13.5 Å². The molecule has 110 valence electrons. The number of alkyl halides is 4. The van der Waals surface area contributed by atoms with Gasteiger partial charge in [0.1, 0.15) is 6.61 Å². The lowest BCUT2D eigenvalue weighted by atomic mass is 10.1. The molecule has 0 bridgehead atoms. The molecule has 0 rings (SSSR count). The van der Waals surface area contributed by atoms with Crippen LogP contribution in [0.3, 0.4) is 0 Å². The largest absolute Gasteiger partial charge is 0.373 e. The van der Waals surface area contributed by atoms with Crippen LogP contribution in [0.5, 0.6) is 0 Å². The van der Waals surface area contributed by atoms with E-state index in [-0.39, 0.29) is 12.6 Å². The summed E-state index contributed by atoms with van der Waals surface area (Å²) in [5, 5.41) is 2.94. The first-order valence-corrected chi connectivity index (χ1v) is 6.35. The van der Waals surface area contributed by atoms with Gasteiger partial charge in [-0.2, -0.15) is 8.78 Å². The fourth-order valence-corrected chi connectivity index (χ4v) is 1.53. The third kappa shape index (κ3) is 7.87. The van der Waals surface area contributed by atoms with E-state index in [2.05, 4.69) is 17.0 Å². The summed E-state index contributed by atoms with van der Waals surface area (Å²) in [4.78, 5) is 0. The van der Waals surface area contributed by atoms with Gasteiger partial charge in [0, 0.05) is 6.04 Å². The van der Waals surface area contributed by atoms with Gasteiger partial charge in [0.15, 0.2) is 0 Å². The molecule has 0 aromatic rings. The van der Waals surface area contributed by atoms with Crippen molar-refractivity contribution in [1.29, 1.82) is 0 Å². The Bertz CT molecular complexity index is 203. The van der Waals surface area contributed by atoms with Gasteiger partial charge in [-0.25, -0.2) is 8.78 Å². The van der Waals surface area contributed by atoms with Crippen molar-refractivity contribution in [3.05, 3.63) is 0 Å². The Morgan fingerprint density at radius 3 is 2.33 bits per heavy atom. The van der Waals surface area contributed by atoms with Crippen molar-refractivity contribution in [3.8, 4) is 0 Å². The Hall–Kier alpha value is -0.360. The van der Waals surface area contributed by atoms with Crippen molar-refractivity contribution >= 4 is 0 Å².